The molecule has 0 radical (unpaired) electrons. The number of hydrogen-bond acceptors (Lipinski definition) is 6. The Morgan fingerprint density at radius 3 is 2.75 bits per heavy atom. The molecule has 1 aliphatic rings. The van der Waals surface area contributed by atoms with E-state index in [-0.39, 0.29) is 6.10 Å². The van der Waals surface area contributed by atoms with Gasteiger partial charge in [0.1, 0.15) is 23.2 Å². The van der Waals surface area contributed by atoms with Gasteiger partial charge in [0.2, 0.25) is 0 Å². The molecule has 1 aromatic carbocycles. The molecular formula is C28H24N6O2. The number of furan rings is 1. The van der Waals surface area contributed by atoms with Crippen LogP contribution in [0.15, 0.2) is 78.0 Å². The predicted octanol–water partition coefficient (Wildman–Crippen LogP) is 5.56. The molecule has 0 saturated carbocycles. The minimum atomic E-state index is 0.230. The van der Waals surface area contributed by atoms with E-state index in [4.69, 9.17) is 9.15 Å². The fourth-order valence-corrected chi connectivity index (χ4v) is 4.97. The topological polar surface area (TPSA) is 105 Å². The summed E-state index contributed by atoms with van der Waals surface area (Å²) in [6, 6.07) is 14.4. The maximum absolute atomic E-state index is 6.22. The molecule has 178 valence electrons. The Hall–Kier alpha value is -4.43. The lowest BCUT2D eigenvalue weighted by Crippen LogP contribution is -2.34. The van der Waals surface area contributed by atoms with Crippen LogP contribution in [0.5, 0.6) is 5.75 Å². The Morgan fingerprint density at radius 1 is 0.917 bits per heavy atom. The largest absolute Gasteiger partial charge is 0.489 e. The monoisotopic (exact) mass is 476 g/mol. The lowest BCUT2D eigenvalue weighted by molar-refractivity contribution is 0.162. The number of aromatic nitrogens is 5. The second-order valence-electron chi connectivity index (χ2n) is 9.12. The van der Waals surface area contributed by atoms with Gasteiger partial charge < -0.3 is 19.5 Å². The van der Waals surface area contributed by atoms with Gasteiger partial charge in [0.25, 0.3) is 0 Å². The lowest BCUT2D eigenvalue weighted by atomic mass is 10.0. The van der Waals surface area contributed by atoms with Crippen molar-refractivity contribution in [3.63, 3.8) is 0 Å². The van der Waals surface area contributed by atoms with E-state index in [2.05, 4.69) is 60.8 Å². The summed E-state index contributed by atoms with van der Waals surface area (Å²) in [5.41, 5.74) is 7.66. The Labute approximate surface area is 206 Å². The number of H-pyrrole nitrogens is 2. The summed E-state index contributed by atoms with van der Waals surface area (Å²) in [5, 5.41) is 13.2. The predicted molar refractivity (Wildman–Crippen MR) is 139 cm³/mol. The number of aromatic amines is 2. The number of piperidine rings is 1. The fraction of sp³-hybridized carbons (Fsp3) is 0.179. The van der Waals surface area contributed by atoms with Crippen molar-refractivity contribution in [3.05, 3.63) is 73.6 Å². The van der Waals surface area contributed by atoms with Gasteiger partial charge in [-0.2, -0.15) is 5.10 Å². The van der Waals surface area contributed by atoms with Gasteiger partial charge in [0.05, 0.1) is 29.9 Å². The zero-order valence-corrected chi connectivity index (χ0v) is 19.5. The third-order valence-electron chi connectivity index (χ3n) is 6.82. The van der Waals surface area contributed by atoms with Crippen LogP contribution in [0.25, 0.3) is 55.6 Å². The maximum atomic E-state index is 6.22. The molecule has 8 heteroatoms. The first-order valence-electron chi connectivity index (χ1n) is 12.1. The molecule has 0 bridgehead atoms. The SMILES string of the molecule is c1cc(-c2ccoc2)c2cc(-c3n[nH]c4ccc(-c5cncc(OC6CCNCC6)c5)cc34)[nH]c2n1. The number of pyridine rings is 2. The van der Waals surface area contributed by atoms with Gasteiger partial charge in [0, 0.05) is 34.3 Å². The van der Waals surface area contributed by atoms with E-state index in [9.17, 15) is 0 Å². The zero-order valence-electron chi connectivity index (χ0n) is 19.5. The van der Waals surface area contributed by atoms with Crippen LogP contribution in [0.1, 0.15) is 12.8 Å². The molecule has 6 heterocycles. The van der Waals surface area contributed by atoms with Crippen molar-refractivity contribution in [3.8, 4) is 39.4 Å². The molecular weight excluding hydrogens is 452 g/mol. The second-order valence-corrected chi connectivity index (χ2v) is 9.12. The van der Waals surface area contributed by atoms with Crippen LogP contribution >= 0.6 is 0 Å². The number of hydrogen-bond donors (Lipinski definition) is 3. The number of nitrogens with one attached hydrogen (secondary N) is 3. The van der Waals surface area contributed by atoms with Gasteiger partial charge >= 0.3 is 0 Å². The number of benzene rings is 1. The molecule has 0 spiro atoms. The average molecular weight is 477 g/mol. The highest BCUT2D eigenvalue weighted by molar-refractivity contribution is 6.00. The summed E-state index contributed by atoms with van der Waals surface area (Å²) >= 11 is 0. The van der Waals surface area contributed by atoms with Crippen LogP contribution in [-0.2, 0) is 0 Å². The molecule has 0 aliphatic carbocycles. The fourth-order valence-electron chi connectivity index (χ4n) is 4.97. The van der Waals surface area contributed by atoms with Crippen LogP contribution < -0.4 is 10.1 Å². The van der Waals surface area contributed by atoms with Gasteiger partial charge in [-0.3, -0.25) is 10.1 Å². The van der Waals surface area contributed by atoms with Gasteiger partial charge in [-0.1, -0.05) is 6.07 Å². The van der Waals surface area contributed by atoms with Gasteiger partial charge in [-0.15, -0.1) is 0 Å². The van der Waals surface area contributed by atoms with Crippen molar-refractivity contribution in [2.75, 3.05) is 13.1 Å². The Bertz CT molecular complexity index is 1660. The third kappa shape index (κ3) is 3.72. The normalized spacial score (nSPS) is 14.6. The van der Waals surface area contributed by atoms with Gasteiger partial charge in [0.15, 0.2) is 0 Å². The van der Waals surface area contributed by atoms with Crippen LogP contribution in [-0.4, -0.2) is 44.3 Å². The number of rotatable bonds is 5. The summed E-state index contributed by atoms with van der Waals surface area (Å²) in [6.07, 6.45) is 11.1. The molecule has 1 saturated heterocycles. The Morgan fingerprint density at radius 2 is 1.86 bits per heavy atom. The molecule has 6 aromatic rings. The highest BCUT2D eigenvalue weighted by Crippen LogP contribution is 2.35. The van der Waals surface area contributed by atoms with E-state index in [1.807, 2.05) is 18.3 Å². The lowest BCUT2D eigenvalue weighted by Gasteiger charge is -2.23. The zero-order chi connectivity index (χ0) is 23.9. The number of fused-ring (bicyclic) bond motifs is 2. The van der Waals surface area contributed by atoms with Gasteiger partial charge in [-0.05, 0) is 73.5 Å². The van der Waals surface area contributed by atoms with E-state index in [0.29, 0.717) is 0 Å². The van der Waals surface area contributed by atoms with Crippen LogP contribution in [0.4, 0.5) is 0 Å². The van der Waals surface area contributed by atoms with Crippen LogP contribution in [0, 0.1) is 0 Å². The Kier molecular flexibility index (Phi) is 5.03. The van der Waals surface area contributed by atoms with E-state index in [1.54, 1.807) is 24.9 Å². The molecule has 0 unspecified atom stereocenters. The third-order valence-corrected chi connectivity index (χ3v) is 6.82. The first-order chi connectivity index (χ1) is 17.8. The molecule has 8 nitrogen and oxygen atoms in total. The summed E-state index contributed by atoms with van der Waals surface area (Å²) in [5.74, 6) is 0.806. The Balaban J connectivity index is 1.26. The summed E-state index contributed by atoms with van der Waals surface area (Å²) in [6.45, 7) is 1.98. The minimum absolute atomic E-state index is 0.230. The first kappa shape index (κ1) is 20.9. The van der Waals surface area contributed by atoms with Crippen LogP contribution in [0.3, 0.4) is 0 Å². The number of ether oxygens (including phenoxy) is 1. The smallest absolute Gasteiger partial charge is 0.138 e. The van der Waals surface area contributed by atoms with E-state index < -0.39 is 0 Å². The molecule has 5 aromatic heterocycles. The molecule has 36 heavy (non-hydrogen) atoms. The number of nitrogens with zero attached hydrogens (tertiary/aromatic N) is 3. The van der Waals surface area contributed by atoms with Crippen molar-refractivity contribution in [1.82, 2.24) is 30.5 Å². The van der Waals surface area contributed by atoms with Crippen molar-refractivity contribution >= 4 is 21.9 Å². The van der Waals surface area contributed by atoms with Crippen LogP contribution in [0.2, 0.25) is 0 Å². The molecule has 1 aliphatic heterocycles. The quantitative estimate of drug-likeness (QED) is 0.301. The average Bonchev–Trinajstić information content (AvgIpc) is 3.68. The van der Waals surface area contributed by atoms with E-state index >= 15 is 0 Å². The molecule has 3 N–H and O–H groups in total. The summed E-state index contributed by atoms with van der Waals surface area (Å²) in [7, 11) is 0. The first-order valence-corrected chi connectivity index (χ1v) is 12.1. The minimum Gasteiger partial charge on any atom is -0.489 e. The standard InChI is InChI=1S/C28H24N6O2/c1-2-25-24(12-17(1)19-11-21(15-30-14-19)36-20-3-7-29-8-4-20)27(34-33-25)26-13-23-22(18-6-10-35-16-18)5-9-31-28(23)32-26/h1-2,5-6,9-16,20,29H,3-4,7-8H2,(H,31,32)(H,33,34). The molecule has 0 amide bonds. The van der Waals surface area contributed by atoms with Crippen molar-refractivity contribution in [2.45, 2.75) is 18.9 Å². The molecule has 1 fully saturated rings. The summed E-state index contributed by atoms with van der Waals surface area (Å²) < 4.78 is 11.5. The highest BCUT2D eigenvalue weighted by atomic mass is 16.5. The van der Waals surface area contributed by atoms with E-state index in [1.165, 1.54) is 0 Å². The van der Waals surface area contributed by atoms with Crippen molar-refractivity contribution in [2.24, 2.45) is 0 Å². The maximum Gasteiger partial charge on any atom is 0.138 e. The molecule has 0 atom stereocenters. The van der Waals surface area contributed by atoms with E-state index in [0.717, 1.165) is 87.3 Å². The summed E-state index contributed by atoms with van der Waals surface area (Å²) in [4.78, 5) is 12.4. The molecule has 7 rings (SSSR count). The van der Waals surface area contributed by atoms with Crippen molar-refractivity contribution in [1.29, 1.82) is 0 Å². The van der Waals surface area contributed by atoms with Gasteiger partial charge in [-0.25, -0.2) is 4.98 Å². The van der Waals surface area contributed by atoms with Crippen molar-refractivity contribution < 1.29 is 9.15 Å². The highest BCUT2D eigenvalue weighted by Gasteiger charge is 2.17. The second kappa shape index (κ2) is 8.66.